The summed E-state index contributed by atoms with van der Waals surface area (Å²) in [6, 6.07) is 8.67. The molecule has 2 fully saturated rings. The van der Waals surface area contributed by atoms with Crippen molar-refractivity contribution in [3.8, 4) is 0 Å². The van der Waals surface area contributed by atoms with Gasteiger partial charge in [0.25, 0.3) is 0 Å². The van der Waals surface area contributed by atoms with Gasteiger partial charge in [-0.2, -0.15) is 0 Å². The van der Waals surface area contributed by atoms with Crippen LogP contribution in [0.1, 0.15) is 11.7 Å². The van der Waals surface area contributed by atoms with Crippen molar-refractivity contribution in [2.24, 2.45) is 0 Å². The second kappa shape index (κ2) is 5.69. The van der Waals surface area contributed by atoms with Crippen molar-refractivity contribution in [3.05, 3.63) is 29.8 Å². The molecule has 4 nitrogen and oxygen atoms in total. The minimum atomic E-state index is 0.0987. The molecule has 0 radical (unpaired) electrons. The molecule has 18 heavy (non-hydrogen) atoms. The Morgan fingerprint density at radius 1 is 1.17 bits per heavy atom. The van der Waals surface area contributed by atoms with Gasteiger partial charge in [-0.05, 0) is 17.7 Å². The summed E-state index contributed by atoms with van der Waals surface area (Å²) in [7, 11) is 0. The fraction of sp³-hybridized carbons (Fsp3) is 0.571. The van der Waals surface area contributed by atoms with Gasteiger partial charge in [0, 0.05) is 31.9 Å². The fourth-order valence-electron chi connectivity index (χ4n) is 2.53. The molecule has 0 saturated carbocycles. The lowest BCUT2D eigenvalue weighted by atomic mass is 10.1. The summed E-state index contributed by atoms with van der Waals surface area (Å²) in [5, 5.41) is 3.38. The molecule has 0 spiro atoms. The molecule has 0 aliphatic carbocycles. The standard InChI is InChI=1S/C14H20N2O2/c1-2-12(14-11-17-8-9-18-14)10-13(3-1)16-6-4-15-5-7-16/h1-3,10,14-15H,4-9,11H2. The summed E-state index contributed by atoms with van der Waals surface area (Å²) in [6.45, 7) is 6.36. The van der Waals surface area contributed by atoms with E-state index in [0.29, 0.717) is 19.8 Å². The van der Waals surface area contributed by atoms with Crippen molar-refractivity contribution < 1.29 is 9.47 Å². The molecule has 0 aromatic heterocycles. The Bertz CT molecular complexity index is 352. The molecule has 0 amide bonds. The van der Waals surface area contributed by atoms with E-state index in [1.54, 1.807) is 0 Å². The van der Waals surface area contributed by atoms with E-state index in [9.17, 15) is 0 Å². The Morgan fingerprint density at radius 3 is 2.83 bits per heavy atom. The topological polar surface area (TPSA) is 33.7 Å². The first-order valence-corrected chi connectivity index (χ1v) is 6.68. The lowest BCUT2D eigenvalue weighted by Gasteiger charge is -2.30. The van der Waals surface area contributed by atoms with E-state index in [-0.39, 0.29) is 6.10 Å². The van der Waals surface area contributed by atoms with E-state index >= 15 is 0 Å². The second-order valence-electron chi connectivity index (χ2n) is 4.77. The Hall–Kier alpha value is -1.10. The molecule has 2 heterocycles. The van der Waals surface area contributed by atoms with Crippen molar-refractivity contribution in [1.29, 1.82) is 0 Å². The molecule has 0 bridgehead atoms. The minimum Gasteiger partial charge on any atom is -0.376 e. The third kappa shape index (κ3) is 2.66. The van der Waals surface area contributed by atoms with Crippen LogP contribution < -0.4 is 10.2 Å². The summed E-state index contributed by atoms with van der Waals surface area (Å²) >= 11 is 0. The van der Waals surface area contributed by atoms with Crippen LogP contribution in [0, 0.1) is 0 Å². The van der Waals surface area contributed by atoms with Gasteiger partial charge in [-0.25, -0.2) is 0 Å². The third-order valence-electron chi connectivity index (χ3n) is 3.54. The van der Waals surface area contributed by atoms with Crippen LogP contribution in [0.3, 0.4) is 0 Å². The number of anilines is 1. The molecule has 1 aromatic rings. The molecule has 1 aromatic carbocycles. The van der Waals surface area contributed by atoms with Crippen molar-refractivity contribution in [1.82, 2.24) is 5.32 Å². The third-order valence-corrected chi connectivity index (χ3v) is 3.54. The van der Waals surface area contributed by atoms with Crippen LogP contribution in [0.4, 0.5) is 5.69 Å². The molecule has 4 heteroatoms. The molecular formula is C14H20N2O2. The van der Waals surface area contributed by atoms with Crippen LogP contribution >= 0.6 is 0 Å². The molecule has 98 valence electrons. The summed E-state index contributed by atoms with van der Waals surface area (Å²) in [5.74, 6) is 0. The van der Waals surface area contributed by atoms with E-state index in [1.807, 2.05) is 0 Å². The van der Waals surface area contributed by atoms with E-state index in [2.05, 4.69) is 34.5 Å². The number of piperazine rings is 1. The van der Waals surface area contributed by atoms with E-state index in [0.717, 1.165) is 26.2 Å². The molecule has 1 N–H and O–H groups in total. The smallest absolute Gasteiger partial charge is 0.106 e. The first-order chi connectivity index (χ1) is 8.93. The summed E-state index contributed by atoms with van der Waals surface area (Å²) in [4.78, 5) is 2.42. The Kier molecular flexibility index (Phi) is 3.78. The Balaban J connectivity index is 1.75. The number of ether oxygens (including phenoxy) is 2. The van der Waals surface area contributed by atoms with E-state index in [4.69, 9.17) is 9.47 Å². The first kappa shape index (κ1) is 12.0. The summed E-state index contributed by atoms with van der Waals surface area (Å²) < 4.78 is 11.2. The number of hydrogen-bond donors (Lipinski definition) is 1. The highest BCUT2D eigenvalue weighted by Gasteiger charge is 2.18. The number of hydrogen-bond acceptors (Lipinski definition) is 4. The maximum Gasteiger partial charge on any atom is 0.106 e. The number of benzene rings is 1. The second-order valence-corrected chi connectivity index (χ2v) is 4.77. The van der Waals surface area contributed by atoms with Gasteiger partial charge in [0.05, 0.1) is 19.8 Å². The van der Waals surface area contributed by atoms with Crippen molar-refractivity contribution in [2.75, 3.05) is 50.9 Å². The van der Waals surface area contributed by atoms with Crippen molar-refractivity contribution in [2.45, 2.75) is 6.10 Å². The fourth-order valence-corrected chi connectivity index (χ4v) is 2.53. The van der Waals surface area contributed by atoms with Gasteiger partial charge in [-0.1, -0.05) is 12.1 Å². The van der Waals surface area contributed by atoms with E-state index in [1.165, 1.54) is 11.3 Å². The van der Waals surface area contributed by atoms with Gasteiger partial charge < -0.3 is 19.7 Å². The van der Waals surface area contributed by atoms with Gasteiger partial charge in [0.15, 0.2) is 0 Å². The lowest BCUT2D eigenvalue weighted by molar-refractivity contribution is -0.0901. The highest BCUT2D eigenvalue weighted by Crippen LogP contribution is 2.25. The number of nitrogens with zero attached hydrogens (tertiary/aromatic N) is 1. The predicted molar refractivity (Wildman–Crippen MR) is 71.0 cm³/mol. The summed E-state index contributed by atoms with van der Waals surface area (Å²) in [5.41, 5.74) is 2.52. The molecular weight excluding hydrogens is 228 g/mol. The zero-order valence-corrected chi connectivity index (χ0v) is 10.6. The highest BCUT2D eigenvalue weighted by molar-refractivity contribution is 5.49. The Labute approximate surface area is 108 Å². The van der Waals surface area contributed by atoms with Crippen LogP contribution in [0.15, 0.2) is 24.3 Å². The van der Waals surface area contributed by atoms with Gasteiger partial charge in [0.1, 0.15) is 6.10 Å². The molecule has 1 unspecified atom stereocenters. The monoisotopic (exact) mass is 248 g/mol. The normalized spacial score (nSPS) is 25.1. The van der Waals surface area contributed by atoms with Crippen LogP contribution in [-0.4, -0.2) is 46.0 Å². The maximum atomic E-state index is 5.75. The van der Waals surface area contributed by atoms with Gasteiger partial charge in [-0.3, -0.25) is 0 Å². The quantitative estimate of drug-likeness (QED) is 0.852. The first-order valence-electron chi connectivity index (χ1n) is 6.68. The molecule has 2 saturated heterocycles. The molecule has 2 aliphatic heterocycles. The minimum absolute atomic E-state index is 0.0987. The molecule has 2 aliphatic rings. The maximum absolute atomic E-state index is 5.75. The lowest BCUT2D eigenvalue weighted by Crippen LogP contribution is -2.43. The Morgan fingerprint density at radius 2 is 2.06 bits per heavy atom. The predicted octanol–water partition coefficient (Wildman–Crippen LogP) is 1.18. The summed E-state index contributed by atoms with van der Waals surface area (Å²) in [6.07, 6.45) is 0.0987. The number of rotatable bonds is 2. The highest BCUT2D eigenvalue weighted by atomic mass is 16.6. The van der Waals surface area contributed by atoms with Crippen molar-refractivity contribution >= 4 is 5.69 Å². The van der Waals surface area contributed by atoms with Crippen LogP contribution in [0.5, 0.6) is 0 Å². The van der Waals surface area contributed by atoms with Crippen LogP contribution in [-0.2, 0) is 9.47 Å². The largest absolute Gasteiger partial charge is 0.376 e. The van der Waals surface area contributed by atoms with Crippen molar-refractivity contribution in [3.63, 3.8) is 0 Å². The van der Waals surface area contributed by atoms with Crippen LogP contribution in [0.2, 0.25) is 0 Å². The number of nitrogens with one attached hydrogen (secondary N) is 1. The van der Waals surface area contributed by atoms with Crippen LogP contribution in [0.25, 0.3) is 0 Å². The molecule has 1 atom stereocenters. The van der Waals surface area contributed by atoms with E-state index < -0.39 is 0 Å². The molecule has 3 rings (SSSR count). The van der Waals surface area contributed by atoms with Gasteiger partial charge >= 0.3 is 0 Å². The van der Waals surface area contributed by atoms with Gasteiger partial charge in [0.2, 0.25) is 0 Å². The van der Waals surface area contributed by atoms with Gasteiger partial charge in [-0.15, -0.1) is 0 Å². The SMILES string of the molecule is c1cc(C2COCCO2)cc(N2CCNCC2)c1. The average molecular weight is 248 g/mol. The zero-order valence-electron chi connectivity index (χ0n) is 10.6. The average Bonchev–Trinajstić information content (AvgIpc) is 2.49. The zero-order chi connectivity index (χ0) is 12.2.